The van der Waals surface area contributed by atoms with E-state index in [4.69, 9.17) is 9.47 Å². The Balaban J connectivity index is 1.49. The molecule has 5 nitrogen and oxygen atoms in total. The summed E-state index contributed by atoms with van der Waals surface area (Å²) in [6.07, 6.45) is 4.09. The molecule has 1 aromatic rings. The van der Waals surface area contributed by atoms with Gasteiger partial charge in [-0.25, -0.2) is 0 Å². The molecule has 1 aromatic carbocycles. The smallest absolute Gasteiger partial charge is 0.224 e. The summed E-state index contributed by atoms with van der Waals surface area (Å²) in [5, 5.41) is 3.51. The first kappa shape index (κ1) is 18.2. The second-order valence-corrected chi connectivity index (χ2v) is 6.82. The molecule has 2 aliphatic rings. The van der Waals surface area contributed by atoms with Crippen molar-refractivity contribution in [1.82, 2.24) is 4.90 Å². The molecule has 25 heavy (non-hydrogen) atoms. The van der Waals surface area contributed by atoms with Crippen LogP contribution >= 0.6 is 0 Å². The van der Waals surface area contributed by atoms with Gasteiger partial charge in [0.2, 0.25) is 5.91 Å². The standard InChI is InChI=1S/C20H30N2O3/c1-3-16-6-5-7-17(4-2)19(16)21-11-8-18(23)22-12-9-20(10-13-22)24-14-15-25-20/h5-7,21H,3-4,8-15H2,1-2H3. The van der Waals surface area contributed by atoms with E-state index in [1.54, 1.807) is 0 Å². The first-order valence-corrected chi connectivity index (χ1v) is 9.58. The van der Waals surface area contributed by atoms with Crippen LogP contribution in [-0.4, -0.2) is 49.4 Å². The van der Waals surface area contributed by atoms with Crippen LogP contribution in [0.3, 0.4) is 0 Å². The van der Waals surface area contributed by atoms with Gasteiger partial charge in [0.1, 0.15) is 0 Å². The van der Waals surface area contributed by atoms with Gasteiger partial charge in [0.05, 0.1) is 13.2 Å². The minimum atomic E-state index is -0.412. The van der Waals surface area contributed by atoms with Gasteiger partial charge in [-0.1, -0.05) is 32.0 Å². The molecule has 0 saturated carbocycles. The maximum Gasteiger partial charge on any atom is 0.224 e. The quantitative estimate of drug-likeness (QED) is 0.860. The Hall–Kier alpha value is -1.59. The molecule has 0 radical (unpaired) electrons. The minimum absolute atomic E-state index is 0.215. The molecule has 138 valence electrons. The van der Waals surface area contributed by atoms with Gasteiger partial charge in [0, 0.05) is 44.6 Å². The highest BCUT2D eigenvalue weighted by Gasteiger charge is 2.40. The molecule has 2 saturated heterocycles. The average Bonchev–Trinajstić information content (AvgIpc) is 3.10. The van der Waals surface area contributed by atoms with Crippen molar-refractivity contribution in [1.29, 1.82) is 0 Å². The van der Waals surface area contributed by atoms with E-state index in [9.17, 15) is 4.79 Å². The van der Waals surface area contributed by atoms with Crippen molar-refractivity contribution in [2.75, 3.05) is 38.2 Å². The fourth-order valence-corrected chi connectivity index (χ4v) is 3.80. The highest BCUT2D eigenvalue weighted by atomic mass is 16.7. The van der Waals surface area contributed by atoms with Crippen LogP contribution in [0.2, 0.25) is 0 Å². The monoisotopic (exact) mass is 346 g/mol. The number of carbonyl (C=O) groups is 1. The zero-order valence-electron chi connectivity index (χ0n) is 15.5. The predicted molar refractivity (Wildman–Crippen MR) is 98.8 cm³/mol. The third-order valence-corrected chi connectivity index (χ3v) is 5.33. The molecule has 3 rings (SSSR count). The number of ether oxygens (including phenoxy) is 2. The number of likely N-dealkylation sites (tertiary alicyclic amines) is 1. The zero-order valence-corrected chi connectivity index (χ0v) is 15.5. The van der Waals surface area contributed by atoms with Gasteiger partial charge in [-0.05, 0) is 24.0 Å². The van der Waals surface area contributed by atoms with Gasteiger partial charge in [-0.3, -0.25) is 4.79 Å². The fourth-order valence-electron chi connectivity index (χ4n) is 3.80. The van der Waals surface area contributed by atoms with Gasteiger partial charge in [-0.2, -0.15) is 0 Å². The third-order valence-electron chi connectivity index (χ3n) is 5.33. The van der Waals surface area contributed by atoms with Crippen LogP contribution in [-0.2, 0) is 27.1 Å². The van der Waals surface area contributed by atoms with E-state index >= 15 is 0 Å². The molecule has 2 aliphatic heterocycles. The van der Waals surface area contributed by atoms with E-state index in [1.807, 2.05) is 4.90 Å². The van der Waals surface area contributed by atoms with Crippen molar-refractivity contribution in [3.63, 3.8) is 0 Å². The lowest BCUT2D eigenvalue weighted by Crippen LogP contribution is -2.47. The topological polar surface area (TPSA) is 50.8 Å². The summed E-state index contributed by atoms with van der Waals surface area (Å²) < 4.78 is 11.5. The van der Waals surface area contributed by atoms with E-state index in [-0.39, 0.29) is 5.91 Å². The number of hydrogen-bond acceptors (Lipinski definition) is 4. The van der Waals surface area contributed by atoms with E-state index in [1.165, 1.54) is 16.8 Å². The molecule has 0 atom stereocenters. The first-order valence-electron chi connectivity index (χ1n) is 9.58. The van der Waals surface area contributed by atoms with Gasteiger partial charge in [0.25, 0.3) is 0 Å². The van der Waals surface area contributed by atoms with Crippen LogP contribution in [0, 0.1) is 0 Å². The largest absolute Gasteiger partial charge is 0.384 e. The van der Waals surface area contributed by atoms with Crippen LogP contribution in [0.4, 0.5) is 5.69 Å². The third kappa shape index (κ3) is 4.15. The number of hydrogen-bond donors (Lipinski definition) is 1. The highest BCUT2D eigenvalue weighted by molar-refractivity contribution is 5.77. The molecule has 0 aliphatic carbocycles. The molecule has 2 heterocycles. The lowest BCUT2D eigenvalue weighted by Gasteiger charge is -2.37. The number of nitrogens with zero attached hydrogens (tertiary/aromatic N) is 1. The van der Waals surface area contributed by atoms with Crippen LogP contribution < -0.4 is 5.32 Å². The number of piperidine rings is 1. The molecular formula is C20H30N2O3. The van der Waals surface area contributed by atoms with Gasteiger partial charge in [-0.15, -0.1) is 0 Å². The molecule has 2 fully saturated rings. The van der Waals surface area contributed by atoms with Crippen molar-refractivity contribution >= 4 is 11.6 Å². The van der Waals surface area contributed by atoms with Crippen molar-refractivity contribution < 1.29 is 14.3 Å². The molecule has 0 aromatic heterocycles. The van der Waals surface area contributed by atoms with Crippen molar-refractivity contribution in [2.45, 2.75) is 51.7 Å². The summed E-state index contributed by atoms with van der Waals surface area (Å²) in [4.78, 5) is 14.5. The summed E-state index contributed by atoms with van der Waals surface area (Å²) in [7, 11) is 0. The summed E-state index contributed by atoms with van der Waals surface area (Å²) in [6.45, 7) is 7.82. The SMILES string of the molecule is CCc1cccc(CC)c1NCCC(=O)N1CCC2(CC1)OCCO2. The molecule has 1 spiro atoms. The van der Waals surface area contributed by atoms with E-state index in [0.717, 1.165) is 38.8 Å². The normalized spacial score (nSPS) is 19.4. The van der Waals surface area contributed by atoms with Crippen LogP contribution in [0.15, 0.2) is 18.2 Å². The van der Waals surface area contributed by atoms with E-state index in [0.29, 0.717) is 26.2 Å². The number of rotatable bonds is 6. The Labute approximate surface area is 150 Å². The minimum Gasteiger partial charge on any atom is -0.384 e. The van der Waals surface area contributed by atoms with Crippen molar-refractivity contribution in [2.24, 2.45) is 0 Å². The second-order valence-electron chi connectivity index (χ2n) is 6.82. The van der Waals surface area contributed by atoms with Crippen LogP contribution in [0.1, 0.15) is 44.2 Å². The van der Waals surface area contributed by atoms with Crippen molar-refractivity contribution in [3.05, 3.63) is 29.3 Å². The Morgan fingerprint density at radius 3 is 2.28 bits per heavy atom. The highest BCUT2D eigenvalue weighted by Crippen LogP contribution is 2.31. The number of carbonyl (C=O) groups excluding carboxylic acids is 1. The van der Waals surface area contributed by atoms with Crippen molar-refractivity contribution in [3.8, 4) is 0 Å². The number of aryl methyl sites for hydroxylation is 2. The Bertz CT molecular complexity index is 564. The number of amides is 1. The number of para-hydroxylation sites is 1. The van der Waals surface area contributed by atoms with Gasteiger partial charge >= 0.3 is 0 Å². The lowest BCUT2D eigenvalue weighted by atomic mass is 10.0. The number of benzene rings is 1. The van der Waals surface area contributed by atoms with Gasteiger partial charge in [0.15, 0.2) is 5.79 Å². The van der Waals surface area contributed by atoms with E-state index in [2.05, 4.69) is 37.4 Å². The van der Waals surface area contributed by atoms with Gasteiger partial charge < -0.3 is 19.7 Å². The summed E-state index contributed by atoms with van der Waals surface area (Å²) >= 11 is 0. The van der Waals surface area contributed by atoms with E-state index < -0.39 is 5.79 Å². The maximum atomic E-state index is 12.5. The first-order chi connectivity index (χ1) is 12.2. The Kier molecular flexibility index (Phi) is 5.97. The zero-order chi connectivity index (χ0) is 17.7. The fraction of sp³-hybridized carbons (Fsp3) is 0.650. The second kappa shape index (κ2) is 8.19. The Morgan fingerprint density at radius 2 is 1.72 bits per heavy atom. The molecule has 5 heteroatoms. The summed E-state index contributed by atoms with van der Waals surface area (Å²) in [5.74, 6) is -0.196. The summed E-state index contributed by atoms with van der Waals surface area (Å²) in [6, 6.07) is 6.44. The number of nitrogens with one attached hydrogen (secondary N) is 1. The number of anilines is 1. The predicted octanol–water partition coefficient (Wildman–Crippen LogP) is 2.98. The molecular weight excluding hydrogens is 316 g/mol. The van der Waals surface area contributed by atoms with Crippen LogP contribution in [0.25, 0.3) is 0 Å². The molecule has 0 unspecified atom stereocenters. The van der Waals surface area contributed by atoms with Crippen LogP contribution in [0.5, 0.6) is 0 Å². The maximum absolute atomic E-state index is 12.5. The molecule has 1 amide bonds. The molecule has 0 bridgehead atoms. The average molecular weight is 346 g/mol. The Morgan fingerprint density at radius 1 is 1.12 bits per heavy atom. The molecule has 1 N–H and O–H groups in total. The summed E-state index contributed by atoms with van der Waals surface area (Å²) in [5.41, 5.74) is 3.86. The lowest BCUT2D eigenvalue weighted by molar-refractivity contribution is -0.187.